The topological polar surface area (TPSA) is 69.5 Å². The third kappa shape index (κ3) is 3.83. The van der Waals surface area contributed by atoms with E-state index in [9.17, 15) is 10.1 Å². The molecule has 0 bridgehead atoms. The van der Waals surface area contributed by atoms with Gasteiger partial charge in [-0.15, -0.1) is 0 Å². The quantitative estimate of drug-likeness (QED) is 0.777. The van der Waals surface area contributed by atoms with E-state index in [1.807, 2.05) is 4.90 Å². The zero-order valence-corrected chi connectivity index (χ0v) is 14.5. The van der Waals surface area contributed by atoms with Crippen molar-refractivity contribution in [2.45, 2.75) is 0 Å². The van der Waals surface area contributed by atoms with Crippen molar-refractivity contribution in [3.63, 3.8) is 0 Å². The molecule has 1 fully saturated rings. The average molecular weight is 348 g/mol. The van der Waals surface area contributed by atoms with E-state index in [2.05, 4.69) is 22.5 Å². The highest BCUT2D eigenvalue weighted by atomic mass is 16.5. The summed E-state index contributed by atoms with van der Waals surface area (Å²) in [7, 11) is 0. The van der Waals surface area contributed by atoms with E-state index >= 15 is 0 Å². The molecule has 132 valence electrons. The van der Waals surface area contributed by atoms with Crippen LogP contribution in [0.15, 0.2) is 55.3 Å². The first-order chi connectivity index (χ1) is 12.7. The first kappa shape index (κ1) is 17.5. The Morgan fingerprint density at radius 2 is 1.96 bits per heavy atom. The van der Waals surface area contributed by atoms with Crippen molar-refractivity contribution in [1.82, 2.24) is 9.88 Å². The molecule has 26 heavy (non-hydrogen) atoms. The van der Waals surface area contributed by atoms with Crippen LogP contribution in [0.25, 0.3) is 0 Å². The normalized spacial score (nSPS) is 13.8. The third-order valence-corrected chi connectivity index (χ3v) is 4.24. The summed E-state index contributed by atoms with van der Waals surface area (Å²) >= 11 is 0. The number of piperazine rings is 1. The largest absolute Gasteiger partial charge is 0.490 e. The molecule has 1 saturated heterocycles. The Bertz CT molecular complexity index is 818. The van der Waals surface area contributed by atoms with Gasteiger partial charge in [0.25, 0.3) is 5.91 Å². The Labute approximate surface area is 152 Å². The van der Waals surface area contributed by atoms with Crippen LogP contribution in [0, 0.1) is 11.3 Å². The number of ether oxygens (including phenoxy) is 1. The number of carbonyl (C=O) groups is 1. The minimum atomic E-state index is 0.00134. The number of pyridine rings is 1. The van der Waals surface area contributed by atoms with Gasteiger partial charge in [0.1, 0.15) is 24.2 Å². The number of carbonyl (C=O) groups excluding carboxylic acids is 1. The molecule has 1 aromatic heterocycles. The SMILES string of the molecule is C=CCOc1ccc(C(=O)N2CCN(c3ncccc3C#N)CC2)cc1. The van der Waals surface area contributed by atoms with Gasteiger partial charge in [-0.2, -0.15) is 5.26 Å². The molecular weight excluding hydrogens is 328 g/mol. The van der Waals surface area contributed by atoms with Gasteiger partial charge < -0.3 is 14.5 Å². The smallest absolute Gasteiger partial charge is 0.253 e. The highest BCUT2D eigenvalue weighted by Gasteiger charge is 2.24. The predicted octanol–water partition coefficient (Wildman–Crippen LogP) is 2.48. The molecule has 1 aliphatic rings. The van der Waals surface area contributed by atoms with Crippen LogP contribution in [-0.2, 0) is 0 Å². The summed E-state index contributed by atoms with van der Waals surface area (Å²) in [6.07, 6.45) is 3.36. The average Bonchev–Trinajstić information content (AvgIpc) is 2.72. The maximum absolute atomic E-state index is 12.7. The van der Waals surface area contributed by atoms with Crippen LogP contribution in [0.5, 0.6) is 5.75 Å². The van der Waals surface area contributed by atoms with Crippen LogP contribution in [-0.4, -0.2) is 48.6 Å². The van der Waals surface area contributed by atoms with Gasteiger partial charge in [-0.05, 0) is 36.4 Å². The van der Waals surface area contributed by atoms with Crippen molar-refractivity contribution in [2.75, 3.05) is 37.7 Å². The fourth-order valence-electron chi connectivity index (χ4n) is 2.89. The number of hydrogen-bond donors (Lipinski definition) is 0. The number of rotatable bonds is 5. The lowest BCUT2D eigenvalue weighted by Gasteiger charge is -2.35. The molecule has 1 amide bonds. The van der Waals surface area contributed by atoms with Gasteiger partial charge in [0.15, 0.2) is 0 Å². The molecule has 2 aromatic rings. The van der Waals surface area contributed by atoms with E-state index in [1.165, 1.54) is 0 Å². The lowest BCUT2D eigenvalue weighted by molar-refractivity contribution is 0.0746. The van der Waals surface area contributed by atoms with Crippen LogP contribution < -0.4 is 9.64 Å². The molecule has 0 saturated carbocycles. The molecule has 0 atom stereocenters. The zero-order chi connectivity index (χ0) is 18.4. The fraction of sp³-hybridized carbons (Fsp3) is 0.250. The summed E-state index contributed by atoms with van der Waals surface area (Å²) < 4.78 is 5.44. The van der Waals surface area contributed by atoms with Crippen LogP contribution in [0.3, 0.4) is 0 Å². The second-order valence-electron chi connectivity index (χ2n) is 5.89. The zero-order valence-electron chi connectivity index (χ0n) is 14.5. The lowest BCUT2D eigenvalue weighted by atomic mass is 10.1. The minimum Gasteiger partial charge on any atom is -0.490 e. The van der Waals surface area contributed by atoms with Gasteiger partial charge in [0, 0.05) is 37.9 Å². The highest BCUT2D eigenvalue weighted by molar-refractivity contribution is 5.94. The van der Waals surface area contributed by atoms with E-state index < -0.39 is 0 Å². The summed E-state index contributed by atoms with van der Waals surface area (Å²) in [6, 6.07) is 12.8. The molecule has 1 aromatic carbocycles. The van der Waals surface area contributed by atoms with Crippen LogP contribution >= 0.6 is 0 Å². The standard InChI is InChI=1S/C20H20N4O2/c1-2-14-26-18-7-5-16(6-8-18)20(25)24-12-10-23(11-13-24)19-17(15-21)4-3-9-22-19/h2-9H,1,10-14H2. The number of benzene rings is 1. The van der Waals surface area contributed by atoms with Gasteiger partial charge >= 0.3 is 0 Å². The predicted molar refractivity (Wildman–Crippen MR) is 99.2 cm³/mol. The fourth-order valence-corrected chi connectivity index (χ4v) is 2.89. The highest BCUT2D eigenvalue weighted by Crippen LogP contribution is 2.19. The Kier molecular flexibility index (Phi) is 5.49. The number of amides is 1. The van der Waals surface area contributed by atoms with E-state index in [1.54, 1.807) is 48.7 Å². The molecule has 6 nitrogen and oxygen atoms in total. The van der Waals surface area contributed by atoms with E-state index in [4.69, 9.17) is 4.74 Å². The monoisotopic (exact) mass is 348 g/mol. The second-order valence-corrected chi connectivity index (χ2v) is 5.89. The Balaban J connectivity index is 1.61. The number of nitrogens with zero attached hydrogens (tertiary/aromatic N) is 4. The van der Waals surface area contributed by atoms with Crippen molar-refractivity contribution in [3.05, 3.63) is 66.4 Å². The Hall–Kier alpha value is -3.33. The Morgan fingerprint density at radius 1 is 1.23 bits per heavy atom. The molecule has 0 N–H and O–H groups in total. The van der Waals surface area contributed by atoms with Gasteiger partial charge in [0.05, 0.1) is 5.56 Å². The number of nitriles is 1. The molecule has 0 aliphatic carbocycles. The number of aromatic nitrogens is 1. The first-order valence-electron chi connectivity index (χ1n) is 8.46. The molecule has 1 aliphatic heterocycles. The molecule has 6 heteroatoms. The molecular formula is C20H20N4O2. The van der Waals surface area contributed by atoms with Gasteiger partial charge in [0.2, 0.25) is 0 Å². The van der Waals surface area contributed by atoms with E-state index in [0.717, 1.165) is 0 Å². The van der Waals surface area contributed by atoms with Crippen molar-refractivity contribution < 1.29 is 9.53 Å². The summed E-state index contributed by atoms with van der Waals surface area (Å²) in [6.45, 7) is 6.53. The lowest BCUT2D eigenvalue weighted by Crippen LogP contribution is -2.49. The van der Waals surface area contributed by atoms with Crippen LogP contribution in [0.1, 0.15) is 15.9 Å². The van der Waals surface area contributed by atoms with Gasteiger partial charge in [-0.1, -0.05) is 12.7 Å². The third-order valence-electron chi connectivity index (χ3n) is 4.24. The van der Waals surface area contributed by atoms with E-state index in [0.29, 0.717) is 55.5 Å². The summed E-state index contributed by atoms with van der Waals surface area (Å²) in [4.78, 5) is 20.9. The maximum atomic E-state index is 12.7. The summed E-state index contributed by atoms with van der Waals surface area (Å²) in [5, 5.41) is 9.22. The van der Waals surface area contributed by atoms with Gasteiger partial charge in [-0.3, -0.25) is 4.79 Å². The number of anilines is 1. The van der Waals surface area contributed by atoms with Crippen molar-refractivity contribution in [3.8, 4) is 11.8 Å². The maximum Gasteiger partial charge on any atom is 0.253 e. The van der Waals surface area contributed by atoms with Crippen LogP contribution in [0.4, 0.5) is 5.82 Å². The molecule has 0 spiro atoms. The molecule has 0 radical (unpaired) electrons. The van der Waals surface area contributed by atoms with Crippen molar-refractivity contribution >= 4 is 11.7 Å². The minimum absolute atomic E-state index is 0.00134. The Morgan fingerprint density at radius 3 is 2.62 bits per heavy atom. The van der Waals surface area contributed by atoms with Crippen LogP contribution in [0.2, 0.25) is 0 Å². The summed E-state index contributed by atoms with van der Waals surface area (Å²) in [5.41, 5.74) is 1.20. The van der Waals surface area contributed by atoms with Gasteiger partial charge in [-0.25, -0.2) is 4.98 Å². The van der Waals surface area contributed by atoms with Crippen molar-refractivity contribution in [1.29, 1.82) is 5.26 Å². The first-order valence-corrected chi connectivity index (χ1v) is 8.46. The van der Waals surface area contributed by atoms with E-state index in [-0.39, 0.29) is 5.91 Å². The second kappa shape index (κ2) is 8.17. The summed E-state index contributed by atoms with van der Waals surface area (Å²) in [5.74, 6) is 1.40. The molecule has 2 heterocycles. The molecule has 3 rings (SSSR count). The van der Waals surface area contributed by atoms with Crippen molar-refractivity contribution in [2.24, 2.45) is 0 Å². The number of hydrogen-bond acceptors (Lipinski definition) is 5. The molecule has 0 unspecified atom stereocenters.